The van der Waals surface area contributed by atoms with Gasteiger partial charge in [-0.05, 0) is 19.1 Å². The second kappa shape index (κ2) is 3.14. The van der Waals surface area contributed by atoms with Crippen molar-refractivity contribution >= 4 is 28.3 Å². The molecule has 0 N–H and O–H groups in total. The minimum atomic E-state index is 0.0734. The van der Waals surface area contributed by atoms with E-state index in [2.05, 4.69) is 0 Å². The molecule has 0 radical (unpaired) electrons. The summed E-state index contributed by atoms with van der Waals surface area (Å²) in [7, 11) is 1.88. The zero-order valence-corrected chi connectivity index (χ0v) is 8.80. The molecule has 2 aromatic rings. The van der Waals surface area contributed by atoms with E-state index in [1.54, 1.807) is 6.92 Å². The van der Waals surface area contributed by atoms with Crippen LogP contribution in [0.5, 0.6) is 0 Å². The van der Waals surface area contributed by atoms with Gasteiger partial charge in [0.15, 0.2) is 5.78 Å². The van der Waals surface area contributed by atoms with Gasteiger partial charge in [0.25, 0.3) is 0 Å². The molecular formula is C11H10ClNO. The van der Waals surface area contributed by atoms with Gasteiger partial charge in [-0.15, -0.1) is 0 Å². The molecule has 1 heterocycles. The molecule has 72 valence electrons. The molecule has 0 unspecified atom stereocenters. The molecule has 0 aliphatic rings. The molecular weight excluding hydrogens is 198 g/mol. The fourth-order valence-electron chi connectivity index (χ4n) is 1.52. The maximum Gasteiger partial charge on any atom is 0.159 e. The maximum atomic E-state index is 11.2. The summed E-state index contributed by atoms with van der Waals surface area (Å²) in [5.41, 5.74) is 1.71. The van der Waals surface area contributed by atoms with Gasteiger partial charge in [0, 0.05) is 23.5 Å². The molecule has 0 saturated carbocycles. The first-order valence-corrected chi connectivity index (χ1v) is 4.73. The average Bonchev–Trinajstić information content (AvgIpc) is 2.43. The Morgan fingerprint density at radius 2 is 2.07 bits per heavy atom. The van der Waals surface area contributed by atoms with Crippen LogP contribution in [0.15, 0.2) is 24.3 Å². The number of ketones is 1. The first-order valence-electron chi connectivity index (χ1n) is 4.35. The zero-order chi connectivity index (χ0) is 10.3. The van der Waals surface area contributed by atoms with E-state index >= 15 is 0 Å². The number of nitrogens with zero attached hydrogens (tertiary/aromatic N) is 1. The van der Waals surface area contributed by atoms with Crippen LogP contribution in [0, 0.1) is 0 Å². The van der Waals surface area contributed by atoms with Gasteiger partial charge in [0.1, 0.15) is 5.15 Å². The van der Waals surface area contributed by atoms with Crippen LogP contribution in [0.4, 0.5) is 0 Å². The van der Waals surface area contributed by atoms with Crippen LogP contribution < -0.4 is 0 Å². The lowest BCUT2D eigenvalue weighted by Gasteiger charge is -1.99. The van der Waals surface area contributed by atoms with Crippen molar-refractivity contribution in [3.05, 3.63) is 35.0 Å². The molecule has 0 spiro atoms. The summed E-state index contributed by atoms with van der Waals surface area (Å²) in [6.07, 6.45) is 0. The molecule has 0 bridgehead atoms. The van der Waals surface area contributed by atoms with Crippen LogP contribution in [-0.4, -0.2) is 10.4 Å². The van der Waals surface area contributed by atoms with Crippen LogP contribution >= 0.6 is 11.6 Å². The van der Waals surface area contributed by atoms with Gasteiger partial charge in [-0.25, -0.2) is 0 Å². The number of hydrogen-bond acceptors (Lipinski definition) is 1. The van der Waals surface area contributed by atoms with Crippen LogP contribution in [-0.2, 0) is 7.05 Å². The highest BCUT2D eigenvalue weighted by Gasteiger charge is 2.06. The van der Waals surface area contributed by atoms with E-state index in [0.717, 1.165) is 16.5 Å². The summed E-state index contributed by atoms with van der Waals surface area (Å²) in [6, 6.07) is 7.49. The standard InChI is InChI=1S/C11H10ClNO/c1-7(14)8-3-4-9-6-11(12)13(2)10(9)5-8/h3-6H,1-2H3. The van der Waals surface area contributed by atoms with Crippen molar-refractivity contribution < 1.29 is 4.79 Å². The number of carbonyl (C=O) groups excluding carboxylic acids is 1. The summed E-state index contributed by atoms with van der Waals surface area (Å²) in [5.74, 6) is 0.0734. The number of hydrogen-bond donors (Lipinski definition) is 0. The van der Waals surface area contributed by atoms with Gasteiger partial charge >= 0.3 is 0 Å². The third-order valence-corrected chi connectivity index (χ3v) is 2.76. The van der Waals surface area contributed by atoms with Gasteiger partial charge in [0.2, 0.25) is 0 Å². The van der Waals surface area contributed by atoms with Crippen molar-refractivity contribution in [2.45, 2.75) is 6.92 Å². The molecule has 0 saturated heterocycles. The SMILES string of the molecule is CC(=O)c1ccc2cc(Cl)n(C)c2c1. The smallest absolute Gasteiger partial charge is 0.159 e. The second-order valence-electron chi connectivity index (χ2n) is 3.36. The van der Waals surface area contributed by atoms with Crippen molar-refractivity contribution in [2.75, 3.05) is 0 Å². The summed E-state index contributed by atoms with van der Waals surface area (Å²) in [5, 5.41) is 1.74. The average molecular weight is 208 g/mol. The lowest BCUT2D eigenvalue weighted by molar-refractivity contribution is 0.101. The van der Waals surface area contributed by atoms with Crippen LogP contribution in [0.25, 0.3) is 10.9 Å². The Morgan fingerprint density at radius 1 is 1.36 bits per heavy atom. The lowest BCUT2D eigenvalue weighted by Crippen LogP contribution is -1.93. The van der Waals surface area contributed by atoms with Gasteiger partial charge in [-0.3, -0.25) is 4.79 Å². The lowest BCUT2D eigenvalue weighted by atomic mass is 10.1. The largest absolute Gasteiger partial charge is 0.335 e. The molecule has 0 aliphatic heterocycles. The fraction of sp³-hybridized carbons (Fsp3) is 0.182. The molecule has 3 heteroatoms. The van der Waals surface area contributed by atoms with Gasteiger partial charge in [0.05, 0.1) is 0 Å². The molecule has 0 amide bonds. The number of aryl methyl sites for hydroxylation is 1. The summed E-state index contributed by atoms with van der Waals surface area (Å²) in [6.45, 7) is 1.56. The minimum Gasteiger partial charge on any atom is -0.335 e. The molecule has 14 heavy (non-hydrogen) atoms. The van der Waals surface area contributed by atoms with Crippen LogP contribution in [0.2, 0.25) is 5.15 Å². The summed E-state index contributed by atoms with van der Waals surface area (Å²) >= 11 is 5.96. The molecule has 1 aromatic carbocycles. The van der Waals surface area contributed by atoms with E-state index in [1.165, 1.54) is 0 Å². The summed E-state index contributed by atoms with van der Waals surface area (Å²) in [4.78, 5) is 11.2. The number of Topliss-reactive ketones (excluding diaryl/α,β-unsaturated/α-hetero) is 1. The van der Waals surface area contributed by atoms with Crippen LogP contribution in [0.3, 0.4) is 0 Å². The van der Waals surface area contributed by atoms with Gasteiger partial charge in [-0.2, -0.15) is 0 Å². The molecule has 2 nitrogen and oxygen atoms in total. The number of rotatable bonds is 1. The fourth-order valence-corrected chi connectivity index (χ4v) is 1.72. The third-order valence-electron chi connectivity index (χ3n) is 2.39. The predicted molar refractivity (Wildman–Crippen MR) is 57.9 cm³/mol. The molecule has 0 aliphatic carbocycles. The van der Waals surface area contributed by atoms with E-state index in [4.69, 9.17) is 11.6 Å². The summed E-state index contributed by atoms with van der Waals surface area (Å²) < 4.78 is 1.86. The predicted octanol–water partition coefficient (Wildman–Crippen LogP) is 3.03. The topological polar surface area (TPSA) is 22.0 Å². The number of halogens is 1. The van der Waals surface area contributed by atoms with E-state index in [0.29, 0.717) is 5.15 Å². The Balaban J connectivity index is 2.76. The van der Waals surface area contributed by atoms with Crippen molar-refractivity contribution in [1.82, 2.24) is 4.57 Å². The van der Waals surface area contributed by atoms with Crippen molar-refractivity contribution in [1.29, 1.82) is 0 Å². The van der Waals surface area contributed by atoms with E-state index in [-0.39, 0.29) is 5.78 Å². The normalized spacial score (nSPS) is 10.8. The number of benzene rings is 1. The van der Waals surface area contributed by atoms with E-state index < -0.39 is 0 Å². The molecule has 1 aromatic heterocycles. The highest BCUT2D eigenvalue weighted by atomic mass is 35.5. The Labute approximate surface area is 87.1 Å². The van der Waals surface area contributed by atoms with Crippen molar-refractivity contribution in [3.8, 4) is 0 Å². The third kappa shape index (κ3) is 1.32. The highest BCUT2D eigenvalue weighted by Crippen LogP contribution is 2.23. The Hall–Kier alpha value is -1.28. The second-order valence-corrected chi connectivity index (χ2v) is 3.74. The van der Waals surface area contributed by atoms with E-state index in [1.807, 2.05) is 35.9 Å². The number of fused-ring (bicyclic) bond motifs is 1. The molecule has 2 rings (SSSR count). The van der Waals surface area contributed by atoms with Crippen molar-refractivity contribution in [2.24, 2.45) is 7.05 Å². The molecule has 0 fully saturated rings. The first-order chi connectivity index (χ1) is 6.59. The Kier molecular flexibility index (Phi) is 2.08. The van der Waals surface area contributed by atoms with E-state index in [9.17, 15) is 4.79 Å². The van der Waals surface area contributed by atoms with Gasteiger partial charge in [-0.1, -0.05) is 23.7 Å². The van der Waals surface area contributed by atoms with Crippen molar-refractivity contribution in [3.63, 3.8) is 0 Å². The minimum absolute atomic E-state index is 0.0734. The van der Waals surface area contributed by atoms with Gasteiger partial charge < -0.3 is 4.57 Å². The Morgan fingerprint density at radius 3 is 2.71 bits per heavy atom. The number of carbonyl (C=O) groups is 1. The monoisotopic (exact) mass is 207 g/mol. The quantitative estimate of drug-likeness (QED) is 0.659. The molecule has 0 atom stereocenters. The number of aromatic nitrogens is 1. The first kappa shape index (κ1) is 9.28. The van der Waals surface area contributed by atoms with Crippen LogP contribution in [0.1, 0.15) is 17.3 Å². The zero-order valence-electron chi connectivity index (χ0n) is 8.04. The highest BCUT2D eigenvalue weighted by molar-refractivity contribution is 6.31. The Bertz CT molecular complexity index is 513. The maximum absolute atomic E-state index is 11.2.